The zero-order chi connectivity index (χ0) is 19.5. The van der Waals surface area contributed by atoms with E-state index in [1.54, 1.807) is 7.11 Å². The van der Waals surface area contributed by atoms with Crippen molar-refractivity contribution < 1.29 is 18.8 Å². The number of carbonyl (C=O) groups excluding carboxylic acids is 1. The number of methoxy groups -OCH3 is 1. The number of piperidine rings is 1. The van der Waals surface area contributed by atoms with Gasteiger partial charge in [-0.25, -0.2) is 4.79 Å². The summed E-state index contributed by atoms with van der Waals surface area (Å²) in [5.74, 6) is 1.73. The Kier molecular flexibility index (Phi) is 6.05. The fourth-order valence-electron chi connectivity index (χ4n) is 3.98. The maximum atomic E-state index is 12.4. The third-order valence-corrected chi connectivity index (χ3v) is 5.29. The Morgan fingerprint density at radius 2 is 2.11 bits per heavy atom. The van der Waals surface area contributed by atoms with Gasteiger partial charge < -0.3 is 24.2 Å². The van der Waals surface area contributed by atoms with Crippen molar-refractivity contribution in [3.8, 4) is 0 Å². The molecule has 3 rings (SSSR count). The second-order valence-corrected chi connectivity index (χ2v) is 8.80. The van der Waals surface area contributed by atoms with Gasteiger partial charge in [0.1, 0.15) is 6.61 Å². The van der Waals surface area contributed by atoms with Crippen molar-refractivity contribution in [1.29, 1.82) is 0 Å². The third kappa shape index (κ3) is 5.42. The van der Waals surface area contributed by atoms with Crippen molar-refractivity contribution in [2.75, 3.05) is 26.8 Å². The molecular formula is C19H32N4O4. The van der Waals surface area contributed by atoms with Crippen LogP contribution in [-0.2, 0) is 22.5 Å². The molecule has 0 bridgehead atoms. The molecule has 2 aliphatic heterocycles. The Bertz CT molecular complexity index is 632. The first-order valence-corrected chi connectivity index (χ1v) is 9.80. The average molecular weight is 380 g/mol. The van der Waals surface area contributed by atoms with Crippen molar-refractivity contribution >= 4 is 6.03 Å². The van der Waals surface area contributed by atoms with Crippen LogP contribution >= 0.6 is 0 Å². The number of nitrogens with zero attached hydrogens (tertiary/aromatic N) is 3. The molecule has 1 aromatic heterocycles. The molecule has 2 saturated heterocycles. The Hall–Kier alpha value is -1.67. The van der Waals surface area contributed by atoms with E-state index in [1.165, 1.54) is 0 Å². The highest BCUT2D eigenvalue weighted by Gasteiger charge is 2.41. The molecule has 8 heteroatoms. The number of ether oxygens (including phenoxy) is 2. The van der Waals surface area contributed by atoms with Gasteiger partial charge in [0.05, 0.1) is 5.60 Å². The maximum absolute atomic E-state index is 12.4. The van der Waals surface area contributed by atoms with Gasteiger partial charge in [-0.2, -0.15) is 4.98 Å². The van der Waals surface area contributed by atoms with E-state index in [0.717, 1.165) is 51.8 Å². The van der Waals surface area contributed by atoms with Crippen molar-refractivity contribution in [3.63, 3.8) is 0 Å². The van der Waals surface area contributed by atoms with E-state index in [9.17, 15) is 4.79 Å². The minimum absolute atomic E-state index is 0.0150. The Balaban J connectivity index is 1.52. The van der Waals surface area contributed by atoms with Crippen LogP contribution in [0.1, 0.15) is 58.2 Å². The highest BCUT2D eigenvalue weighted by Crippen LogP contribution is 2.38. The number of hydrogen-bond donors (Lipinski definition) is 1. The number of nitrogens with one attached hydrogen (secondary N) is 1. The number of hydrogen-bond acceptors (Lipinski definition) is 6. The quantitative estimate of drug-likeness (QED) is 0.863. The van der Waals surface area contributed by atoms with Crippen LogP contribution in [0.15, 0.2) is 4.52 Å². The van der Waals surface area contributed by atoms with Gasteiger partial charge >= 0.3 is 6.03 Å². The molecule has 3 heterocycles. The molecule has 1 N–H and O–H groups in total. The number of urea groups is 1. The highest BCUT2D eigenvalue weighted by atomic mass is 16.5. The first-order valence-electron chi connectivity index (χ1n) is 9.80. The van der Waals surface area contributed by atoms with Crippen LogP contribution in [0.3, 0.4) is 0 Å². The monoisotopic (exact) mass is 380 g/mol. The number of rotatable bonds is 4. The summed E-state index contributed by atoms with van der Waals surface area (Å²) in [5, 5.41) is 6.98. The second-order valence-electron chi connectivity index (χ2n) is 8.80. The molecule has 1 unspecified atom stereocenters. The molecule has 1 atom stereocenters. The lowest BCUT2D eigenvalue weighted by molar-refractivity contribution is -0.123. The summed E-state index contributed by atoms with van der Waals surface area (Å²) in [5.41, 5.74) is -0.346. The van der Waals surface area contributed by atoms with Crippen molar-refractivity contribution in [1.82, 2.24) is 20.4 Å². The largest absolute Gasteiger partial charge is 0.377 e. The van der Waals surface area contributed by atoms with Gasteiger partial charge in [-0.1, -0.05) is 5.16 Å². The Morgan fingerprint density at radius 1 is 1.37 bits per heavy atom. The van der Waals surface area contributed by atoms with Gasteiger partial charge in [-0.3, -0.25) is 0 Å². The molecule has 152 valence electrons. The summed E-state index contributed by atoms with van der Waals surface area (Å²) in [6, 6.07) is 0.0150. The van der Waals surface area contributed by atoms with E-state index in [0.29, 0.717) is 24.2 Å². The predicted molar refractivity (Wildman–Crippen MR) is 99.2 cm³/mol. The SMILES string of the molecule is COCc1noc(CC2CCOC3(CCN(C(=O)NC(C)(C)C)CC3)C2)n1. The number of likely N-dealkylation sites (tertiary alicyclic amines) is 1. The number of aromatic nitrogens is 2. The van der Waals surface area contributed by atoms with Gasteiger partial charge in [-0.05, 0) is 52.4 Å². The van der Waals surface area contributed by atoms with E-state index in [-0.39, 0.29) is 17.2 Å². The van der Waals surface area contributed by atoms with E-state index >= 15 is 0 Å². The van der Waals surface area contributed by atoms with Crippen LogP contribution in [0, 0.1) is 5.92 Å². The predicted octanol–water partition coefficient (Wildman–Crippen LogP) is 2.53. The van der Waals surface area contributed by atoms with Crippen molar-refractivity contribution in [2.45, 2.75) is 70.6 Å². The van der Waals surface area contributed by atoms with Crippen LogP contribution in [0.4, 0.5) is 4.79 Å². The fourth-order valence-corrected chi connectivity index (χ4v) is 3.98. The molecule has 0 radical (unpaired) electrons. The molecule has 0 aliphatic carbocycles. The summed E-state index contributed by atoms with van der Waals surface area (Å²) in [7, 11) is 1.62. The number of carbonyl (C=O) groups is 1. The first-order chi connectivity index (χ1) is 12.8. The van der Waals surface area contributed by atoms with Gasteiger partial charge in [0.15, 0.2) is 5.82 Å². The zero-order valence-electron chi connectivity index (χ0n) is 16.9. The summed E-state index contributed by atoms with van der Waals surface area (Å²) in [6.07, 6.45) is 4.50. The van der Waals surface area contributed by atoms with E-state index in [2.05, 4.69) is 15.5 Å². The molecule has 1 spiro atoms. The normalized spacial score (nSPS) is 22.8. The van der Waals surface area contributed by atoms with Gasteiger partial charge in [0, 0.05) is 38.8 Å². The average Bonchev–Trinajstić information content (AvgIpc) is 3.01. The lowest BCUT2D eigenvalue weighted by Gasteiger charge is -2.46. The van der Waals surface area contributed by atoms with Crippen LogP contribution in [0.25, 0.3) is 0 Å². The Labute approximate surface area is 161 Å². The minimum Gasteiger partial charge on any atom is -0.377 e. The first kappa shape index (κ1) is 20.1. The second kappa shape index (κ2) is 8.14. The van der Waals surface area contributed by atoms with Crippen LogP contribution < -0.4 is 5.32 Å². The maximum Gasteiger partial charge on any atom is 0.317 e. The standard InChI is InChI=1S/C19H32N4O4/c1-18(2,3)21-17(24)23-8-6-19(7-9-23)12-14(5-10-26-19)11-16-20-15(13-25-4)22-27-16/h14H,5-13H2,1-4H3,(H,21,24). The van der Waals surface area contributed by atoms with Gasteiger partial charge in [0.2, 0.25) is 5.89 Å². The lowest BCUT2D eigenvalue weighted by Crippen LogP contribution is -2.55. The van der Waals surface area contributed by atoms with E-state index in [1.807, 2.05) is 25.7 Å². The van der Waals surface area contributed by atoms with Crippen LogP contribution in [0.5, 0.6) is 0 Å². The molecule has 2 fully saturated rings. The molecule has 27 heavy (non-hydrogen) atoms. The minimum atomic E-state index is -0.218. The highest BCUT2D eigenvalue weighted by molar-refractivity contribution is 5.75. The van der Waals surface area contributed by atoms with Crippen LogP contribution in [0.2, 0.25) is 0 Å². The molecule has 1 aromatic rings. The van der Waals surface area contributed by atoms with Crippen molar-refractivity contribution in [3.05, 3.63) is 11.7 Å². The molecule has 2 aliphatic rings. The summed E-state index contributed by atoms with van der Waals surface area (Å²) >= 11 is 0. The topological polar surface area (TPSA) is 89.7 Å². The Morgan fingerprint density at radius 3 is 2.78 bits per heavy atom. The van der Waals surface area contributed by atoms with E-state index < -0.39 is 0 Å². The smallest absolute Gasteiger partial charge is 0.317 e. The molecule has 0 aromatic carbocycles. The van der Waals surface area contributed by atoms with E-state index in [4.69, 9.17) is 14.0 Å². The van der Waals surface area contributed by atoms with Gasteiger partial charge in [0.25, 0.3) is 0 Å². The van der Waals surface area contributed by atoms with Crippen LogP contribution in [-0.4, -0.2) is 59.0 Å². The summed E-state index contributed by atoms with van der Waals surface area (Å²) in [4.78, 5) is 18.7. The summed E-state index contributed by atoms with van der Waals surface area (Å²) in [6.45, 7) is 8.58. The zero-order valence-corrected chi connectivity index (χ0v) is 16.9. The summed E-state index contributed by atoms with van der Waals surface area (Å²) < 4.78 is 16.6. The lowest BCUT2D eigenvalue weighted by atomic mass is 9.78. The molecule has 8 nitrogen and oxygen atoms in total. The van der Waals surface area contributed by atoms with Crippen molar-refractivity contribution in [2.24, 2.45) is 5.92 Å². The fraction of sp³-hybridized carbons (Fsp3) is 0.842. The number of amides is 2. The molecule has 0 saturated carbocycles. The van der Waals surface area contributed by atoms with Gasteiger partial charge in [-0.15, -0.1) is 0 Å². The third-order valence-electron chi connectivity index (χ3n) is 5.29. The molecule has 2 amide bonds. The molecular weight excluding hydrogens is 348 g/mol.